The Bertz CT molecular complexity index is 390. The number of hydrogen-bond donors (Lipinski definition) is 1. The molecule has 0 amide bonds. The molecule has 0 aromatic carbocycles. The molecular formula is C14H24ClN3S. The van der Waals surface area contributed by atoms with Crippen LogP contribution in [0.5, 0.6) is 0 Å². The Balaban J connectivity index is 0.00000133. The minimum atomic E-state index is 0. The molecule has 19 heavy (non-hydrogen) atoms. The normalized spacial score (nSPS) is 24.2. The van der Waals surface area contributed by atoms with Gasteiger partial charge in [0.25, 0.3) is 0 Å². The van der Waals surface area contributed by atoms with E-state index in [2.05, 4.69) is 22.2 Å². The molecule has 2 fully saturated rings. The fourth-order valence-electron chi connectivity index (χ4n) is 3.04. The fraction of sp³-hybridized carbons (Fsp3) is 0.786. The summed E-state index contributed by atoms with van der Waals surface area (Å²) in [5.41, 5.74) is 3.45. The van der Waals surface area contributed by atoms with E-state index >= 15 is 0 Å². The van der Waals surface area contributed by atoms with Crippen LogP contribution in [0.3, 0.4) is 0 Å². The average Bonchev–Trinajstić information content (AvgIpc) is 3.12. The molecule has 0 radical (unpaired) electrons. The summed E-state index contributed by atoms with van der Waals surface area (Å²) < 4.78 is 0. The summed E-state index contributed by atoms with van der Waals surface area (Å²) in [6, 6.07) is 0. The zero-order valence-corrected chi connectivity index (χ0v) is 13.2. The SMILES string of the molecule is CNCC1CCCN(Cc2scnc2C2CC2)C1.Cl. The van der Waals surface area contributed by atoms with Crippen LogP contribution < -0.4 is 5.32 Å². The molecule has 0 bridgehead atoms. The van der Waals surface area contributed by atoms with Gasteiger partial charge in [0.15, 0.2) is 0 Å². The van der Waals surface area contributed by atoms with Gasteiger partial charge in [-0.25, -0.2) is 4.98 Å². The standard InChI is InChI=1S/C14H23N3S.ClH/c1-15-7-11-3-2-6-17(8-11)9-13-14(12-4-5-12)16-10-18-13;/h10-12,15H,2-9H2,1H3;1H. The van der Waals surface area contributed by atoms with Gasteiger partial charge in [0.1, 0.15) is 0 Å². The van der Waals surface area contributed by atoms with Gasteiger partial charge in [-0.15, -0.1) is 23.7 Å². The summed E-state index contributed by atoms with van der Waals surface area (Å²) in [6.07, 6.45) is 5.46. The third kappa shape index (κ3) is 3.91. The lowest BCUT2D eigenvalue weighted by molar-refractivity contribution is 0.167. The summed E-state index contributed by atoms with van der Waals surface area (Å²) in [7, 11) is 2.06. The maximum Gasteiger partial charge on any atom is 0.0798 e. The predicted octanol–water partition coefficient (Wildman–Crippen LogP) is 2.87. The van der Waals surface area contributed by atoms with E-state index < -0.39 is 0 Å². The summed E-state index contributed by atoms with van der Waals surface area (Å²) in [5, 5.41) is 3.32. The van der Waals surface area contributed by atoms with Crippen molar-refractivity contribution in [3.63, 3.8) is 0 Å². The molecule has 2 aliphatic rings. The maximum atomic E-state index is 4.58. The molecule has 1 atom stereocenters. The van der Waals surface area contributed by atoms with Gasteiger partial charge in [-0.3, -0.25) is 4.90 Å². The topological polar surface area (TPSA) is 28.2 Å². The lowest BCUT2D eigenvalue weighted by atomic mass is 9.98. The molecule has 1 saturated heterocycles. The Labute approximate surface area is 126 Å². The first kappa shape index (κ1) is 15.2. The van der Waals surface area contributed by atoms with Crippen LogP contribution in [0, 0.1) is 5.92 Å². The highest BCUT2D eigenvalue weighted by molar-refractivity contribution is 7.09. The zero-order chi connectivity index (χ0) is 12.4. The van der Waals surface area contributed by atoms with Gasteiger partial charge >= 0.3 is 0 Å². The molecule has 108 valence electrons. The van der Waals surface area contributed by atoms with Crippen molar-refractivity contribution < 1.29 is 0 Å². The van der Waals surface area contributed by atoms with Gasteiger partial charge in [-0.2, -0.15) is 0 Å². The van der Waals surface area contributed by atoms with Gasteiger partial charge < -0.3 is 5.32 Å². The summed E-state index contributed by atoms with van der Waals surface area (Å²) >= 11 is 1.86. The van der Waals surface area contributed by atoms with Gasteiger partial charge in [0.2, 0.25) is 0 Å². The Morgan fingerprint density at radius 2 is 2.26 bits per heavy atom. The first-order valence-electron chi connectivity index (χ1n) is 7.16. The van der Waals surface area contributed by atoms with Crippen LogP contribution in [0.4, 0.5) is 0 Å². The van der Waals surface area contributed by atoms with E-state index in [1.54, 1.807) is 0 Å². The number of halogens is 1. The molecule has 1 unspecified atom stereocenters. The van der Waals surface area contributed by atoms with Crippen molar-refractivity contribution in [2.45, 2.75) is 38.1 Å². The highest BCUT2D eigenvalue weighted by Crippen LogP contribution is 2.42. The largest absolute Gasteiger partial charge is 0.319 e. The average molecular weight is 302 g/mol. The smallest absolute Gasteiger partial charge is 0.0798 e. The molecule has 1 N–H and O–H groups in total. The van der Waals surface area contributed by atoms with Gasteiger partial charge in [-0.05, 0) is 51.7 Å². The van der Waals surface area contributed by atoms with E-state index in [0.717, 1.165) is 24.9 Å². The van der Waals surface area contributed by atoms with Crippen LogP contribution in [0.15, 0.2) is 5.51 Å². The number of thiazole rings is 1. The van der Waals surface area contributed by atoms with Crippen molar-refractivity contribution in [3.05, 3.63) is 16.1 Å². The molecule has 5 heteroatoms. The maximum absolute atomic E-state index is 4.58. The van der Waals surface area contributed by atoms with Crippen molar-refractivity contribution in [2.75, 3.05) is 26.7 Å². The highest BCUT2D eigenvalue weighted by atomic mass is 35.5. The Kier molecular flexibility index (Phi) is 5.63. The van der Waals surface area contributed by atoms with E-state index in [9.17, 15) is 0 Å². The van der Waals surface area contributed by atoms with Crippen molar-refractivity contribution in [2.24, 2.45) is 5.92 Å². The number of nitrogens with one attached hydrogen (secondary N) is 1. The Morgan fingerprint density at radius 1 is 1.42 bits per heavy atom. The van der Waals surface area contributed by atoms with Crippen molar-refractivity contribution in [3.8, 4) is 0 Å². The first-order valence-corrected chi connectivity index (χ1v) is 8.04. The minimum Gasteiger partial charge on any atom is -0.319 e. The fourth-order valence-corrected chi connectivity index (χ4v) is 3.93. The molecule has 1 aromatic heterocycles. The quantitative estimate of drug-likeness (QED) is 0.906. The lowest BCUT2D eigenvalue weighted by Gasteiger charge is -2.32. The van der Waals surface area contributed by atoms with Gasteiger partial charge in [0.05, 0.1) is 11.2 Å². The highest BCUT2D eigenvalue weighted by Gasteiger charge is 2.29. The molecule has 3 nitrogen and oxygen atoms in total. The van der Waals surface area contributed by atoms with Crippen molar-refractivity contribution in [1.29, 1.82) is 0 Å². The summed E-state index contributed by atoms with van der Waals surface area (Å²) in [6.45, 7) is 4.82. The Hall–Kier alpha value is -0.160. The number of rotatable bonds is 5. The summed E-state index contributed by atoms with van der Waals surface area (Å²) in [4.78, 5) is 8.74. The van der Waals surface area contributed by atoms with E-state index in [0.29, 0.717) is 0 Å². The molecule has 1 saturated carbocycles. The molecule has 1 aliphatic carbocycles. The van der Waals surface area contributed by atoms with Crippen LogP contribution in [0.25, 0.3) is 0 Å². The monoisotopic (exact) mass is 301 g/mol. The van der Waals surface area contributed by atoms with E-state index in [1.165, 1.54) is 49.3 Å². The number of likely N-dealkylation sites (tertiary alicyclic amines) is 1. The molecular weight excluding hydrogens is 278 g/mol. The third-order valence-corrected chi connectivity index (χ3v) is 4.93. The zero-order valence-electron chi connectivity index (χ0n) is 11.6. The summed E-state index contributed by atoms with van der Waals surface area (Å²) in [5.74, 6) is 1.63. The van der Waals surface area contributed by atoms with E-state index in [4.69, 9.17) is 0 Å². The molecule has 3 rings (SSSR count). The molecule has 0 spiro atoms. The van der Waals surface area contributed by atoms with Crippen molar-refractivity contribution >= 4 is 23.7 Å². The first-order chi connectivity index (χ1) is 8.86. The number of hydrogen-bond acceptors (Lipinski definition) is 4. The minimum absolute atomic E-state index is 0. The number of nitrogens with zero attached hydrogens (tertiary/aromatic N) is 2. The Morgan fingerprint density at radius 3 is 3.00 bits per heavy atom. The van der Waals surface area contributed by atoms with Crippen LogP contribution in [0.2, 0.25) is 0 Å². The second kappa shape index (κ2) is 7.02. The van der Waals surface area contributed by atoms with Crippen LogP contribution in [-0.4, -0.2) is 36.6 Å². The molecule has 2 heterocycles. The second-order valence-electron chi connectivity index (χ2n) is 5.74. The lowest BCUT2D eigenvalue weighted by Crippen LogP contribution is -2.38. The van der Waals surface area contributed by atoms with Gasteiger partial charge in [-0.1, -0.05) is 0 Å². The molecule has 1 aromatic rings. The number of aromatic nitrogens is 1. The van der Waals surface area contributed by atoms with Crippen LogP contribution >= 0.6 is 23.7 Å². The van der Waals surface area contributed by atoms with Crippen molar-refractivity contribution in [1.82, 2.24) is 15.2 Å². The van der Waals surface area contributed by atoms with E-state index in [1.807, 2.05) is 16.8 Å². The van der Waals surface area contributed by atoms with E-state index in [-0.39, 0.29) is 12.4 Å². The predicted molar refractivity (Wildman–Crippen MR) is 83.3 cm³/mol. The van der Waals surface area contributed by atoms with Crippen LogP contribution in [0.1, 0.15) is 42.2 Å². The second-order valence-corrected chi connectivity index (χ2v) is 6.68. The van der Waals surface area contributed by atoms with Gasteiger partial charge in [0, 0.05) is 23.9 Å². The third-order valence-electron chi connectivity index (χ3n) is 4.10. The van der Waals surface area contributed by atoms with Crippen LogP contribution in [-0.2, 0) is 6.54 Å². The number of piperidine rings is 1. The molecule has 1 aliphatic heterocycles.